The first kappa shape index (κ1) is 16.3. The van der Waals surface area contributed by atoms with Crippen molar-refractivity contribution >= 4 is 11.0 Å². The highest BCUT2D eigenvalue weighted by molar-refractivity contribution is 5.76. The maximum Gasteiger partial charge on any atom is 0.328 e. The number of hydrogen-bond donors (Lipinski definition) is 1. The van der Waals surface area contributed by atoms with Gasteiger partial charge in [-0.2, -0.15) is 5.10 Å². The quantitative estimate of drug-likeness (QED) is 0.704. The molecular formula is C18H23N5O. The van der Waals surface area contributed by atoms with E-state index >= 15 is 0 Å². The van der Waals surface area contributed by atoms with Crippen molar-refractivity contribution in [2.45, 2.75) is 26.6 Å². The molecule has 1 N–H and O–H groups in total. The molecule has 2 heterocycles. The molecule has 3 rings (SSSR count). The van der Waals surface area contributed by atoms with Crippen LogP contribution in [0.3, 0.4) is 0 Å². The Hall–Kier alpha value is -2.60. The van der Waals surface area contributed by atoms with Crippen molar-refractivity contribution in [2.75, 3.05) is 0 Å². The molecule has 6 nitrogen and oxygen atoms in total. The Morgan fingerprint density at radius 2 is 1.96 bits per heavy atom. The molecule has 0 unspecified atom stereocenters. The molecule has 1 aromatic carbocycles. The summed E-state index contributed by atoms with van der Waals surface area (Å²) in [6.45, 7) is 7.97. The fraction of sp³-hybridized carbons (Fsp3) is 0.333. The summed E-state index contributed by atoms with van der Waals surface area (Å²) in [6.07, 6.45) is 3.89. The maximum absolute atomic E-state index is 12.0. The van der Waals surface area contributed by atoms with Gasteiger partial charge in [-0.25, -0.2) is 4.79 Å². The molecule has 0 saturated heterocycles. The van der Waals surface area contributed by atoms with Gasteiger partial charge in [0.1, 0.15) is 0 Å². The van der Waals surface area contributed by atoms with Crippen LogP contribution in [0.4, 0.5) is 0 Å². The smallest absolute Gasteiger partial charge is 0.308 e. The van der Waals surface area contributed by atoms with E-state index in [1.54, 1.807) is 23.2 Å². The number of hydrogen-bond acceptors (Lipinski definition) is 3. The third-order valence-electron chi connectivity index (χ3n) is 4.35. The van der Waals surface area contributed by atoms with Crippen molar-refractivity contribution in [3.8, 4) is 0 Å². The second-order valence-electron chi connectivity index (χ2n) is 6.08. The monoisotopic (exact) mass is 325 g/mol. The summed E-state index contributed by atoms with van der Waals surface area (Å²) in [5.74, 6) is 0. The highest BCUT2D eigenvalue weighted by atomic mass is 16.1. The fourth-order valence-electron chi connectivity index (χ4n) is 2.96. The lowest BCUT2D eigenvalue weighted by molar-refractivity contribution is 0.685. The summed E-state index contributed by atoms with van der Waals surface area (Å²) >= 11 is 0. The van der Waals surface area contributed by atoms with Gasteiger partial charge in [0.05, 0.1) is 23.3 Å². The van der Waals surface area contributed by atoms with Crippen LogP contribution in [-0.4, -0.2) is 18.9 Å². The van der Waals surface area contributed by atoms with E-state index in [0.29, 0.717) is 0 Å². The zero-order valence-corrected chi connectivity index (χ0v) is 14.4. The first-order valence-electron chi connectivity index (χ1n) is 8.00. The molecule has 3 aromatic rings. The molecule has 0 aliphatic rings. The van der Waals surface area contributed by atoms with Gasteiger partial charge in [-0.15, -0.1) is 6.58 Å². The van der Waals surface area contributed by atoms with Gasteiger partial charge in [-0.1, -0.05) is 12.1 Å². The van der Waals surface area contributed by atoms with Crippen molar-refractivity contribution in [1.82, 2.24) is 24.2 Å². The van der Waals surface area contributed by atoms with Gasteiger partial charge in [0.25, 0.3) is 0 Å². The topological polar surface area (TPSA) is 56.8 Å². The number of allylic oxidation sites excluding steroid dienone is 1. The van der Waals surface area contributed by atoms with Crippen LogP contribution in [0.25, 0.3) is 11.0 Å². The molecule has 0 aliphatic carbocycles. The molecule has 0 saturated carbocycles. The number of nitrogens with one attached hydrogen (secondary N) is 1. The van der Waals surface area contributed by atoms with Crippen molar-refractivity contribution in [2.24, 2.45) is 14.1 Å². The largest absolute Gasteiger partial charge is 0.328 e. The molecule has 0 amide bonds. The number of rotatable bonds is 6. The van der Waals surface area contributed by atoms with Crippen LogP contribution < -0.4 is 11.0 Å². The van der Waals surface area contributed by atoms with E-state index in [2.05, 4.69) is 29.1 Å². The number of imidazole rings is 1. The Bertz CT molecular complexity index is 944. The third kappa shape index (κ3) is 2.92. The van der Waals surface area contributed by atoms with Gasteiger partial charge in [0, 0.05) is 38.9 Å². The summed E-state index contributed by atoms with van der Waals surface area (Å²) in [5, 5.41) is 7.90. The Labute approximate surface area is 141 Å². The minimum absolute atomic E-state index is 0.000340. The van der Waals surface area contributed by atoms with Gasteiger partial charge in [-0.3, -0.25) is 13.8 Å². The van der Waals surface area contributed by atoms with Crippen molar-refractivity contribution in [3.05, 3.63) is 64.4 Å². The van der Waals surface area contributed by atoms with Gasteiger partial charge in [-0.05, 0) is 24.6 Å². The molecule has 6 heteroatoms. The molecule has 2 aromatic heterocycles. The summed E-state index contributed by atoms with van der Waals surface area (Å²) in [6, 6.07) is 6.13. The minimum Gasteiger partial charge on any atom is -0.308 e. The third-order valence-corrected chi connectivity index (χ3v) is 4.35. The summed E-state index contributed by atoms with van der Waals surface area (Å²) in [5.41, 5.74) is 5.28. The predicted octanol–water partition coefficient (Wildman–Crippen LogP) is 1.86. The molecule has 0 radical (unpaired) electrons. The van der Waals surface area contributed by atoms with Crippen LogP contribution in [-0.2, 0) is 33.7 Å². The van der Waals surface area contributed by atoms with E-state index in [1.165, 1.54) is 5.56 Å². The molecule has 0 aliphatic heterocycles. The van der Waals surface area contributed by atoms with Crippen LogP contribution in [0, 0.1) is 6.92 Å². The Kier molecular flexibility index (Phi) is 4.40. The second kappa shape index (κ2) is 6.49. The SMILES string of the molecule is C=CCn1cc(CNCc2ccc3c(c2)n(C)c(=O)n3C)c(C)n1. The average molecular weight is 325 g/mol. The number of benzene rings is 1. The van der Waals surface area contributed by atoms with E-state index in [-0.39, 0.29) is 5.69 Å². The summed E-state index contributed by atoms with van der Waals surface area (Å²) in [4.78, 5) is 12.0. The first-order valence-corrected chi connectivity index (χ1v) is 8.00. The fourth-order valence-corrected chi connectivity index (χ4v) is 2.96. The van der Waals surface area contributed by atoms with Crippen LogP contribution in [0.15, 0.2) is 41.8 Å². The molecule has 0 atom stereocenters. The normalized spacial score (nSPS) is 11.3. The van der Waals surface area contributed by atoms with Crippen LogP contribution in [0.2, 0.25) is 0 Å². The van der Waals surface area contributed by atoms with E-state index < -0.39 is 0 Å². The minimum atomic E-state index is 0.000340. The van der Waals surface area contributed by atoms with Gasteiger partial charge < -0.3 is 5.32 Å². The zero-order valence-electron chi connectivity index (χ0n) is 14.4. The average Bonchev–Trinajstić information content (AvgIpc) is 3.01. The van der Waals surface area contributed by atoms with Crippen LogP contribution in [0.1, 0.15) is 16.8 Å². The lowest BCUT2D eigenvalue weighted by Gasteiger charge is -2.05. The lowest BCUT2D eigenvalue weighted by atomic mass is 10.2. The molecule has 24 heavy (non-hydrogen) atoms. The molecule has 0 spiro atoms. The molecule has 126 valence electrons. The van der Waals surface area contributed by atoms with E-state index in [1.807, 2.05) is 29.9 Å². The molecule has 0 fully saturated rings. The zero-order chi connectivity index (χ0) is 17.3. The lowest BCUT2D eigenvalue weighted by Crippen LogP contribution is -2.19. The van der Waals surface area contributed by atoms with Gasteiger partial charge in [0.15, 0.2) is 0 Å². The predicted molar refractivity (Wildman–Crippen MR) is 95.9 cm³/mol. The van der Waals surface area contributed by atoms with Crippen LogP contribution >= 0.6 is 0 Å². The first-order chi connectivity index (χ1) is 11.5. The Morgan fingerprint density at radius 3 is 2.71 bits per heavy atom. The standard InChI is InChI=1S/C18H23N5O/c1-5-8-23-12-15(13(2)20-23)11-19-10-14-6-7-16-17(9-14)22(4)18(24)21(16)3/h5-7,9,12,19H,1,8,10-11H2,2-4H3. The summed E-state index contributed by atoms with van der Waals surface area (Å²) in [7, 11) is 3.60. The number of aromatic nitrogens is 4. The van der Waals surface area contributed by atoms with Crippen molar-refractivity contribution < 1.29 is 0 Å². The number of aryl methyl sites for hydroxylation is 3. The highest BCUT2D eigenvalue weighted by Gasteiger charge is 2.08. The Morgan fingerprint density at radius 1 is 1.21 bits per heavy atom. The van der Waals surface area contributed by atoms with Gasteiger partial charge >= 0.3 is 5.69 Å². The van der Waals surface area contributed by atoms with Gasteiger partial charge in [0.2, 0.25) is 0 Å². The van der Waals surface area contributed by atoms with Crippen molar-refractivity contribution in [1.29, 1.82) is 0 Å². The second-order valence-corrected chi connectivity index (χ2v) is 6.08. The maximum atomic E-state index is 12.0. The summed E-state index contributed by atoms with van der Waals surface area (Å²) < 4.78 is 5.25. The Balaban J connectivity index is 1.71. The van der Waals surface area contributed by atoms with E-state index in [9.17, 15) is 4.79 Å². The van der Waals surface area contributed by atoms with E-state index in [0.717, 1.165) is 41.9 Å². The molecular weight excluding hydrogens is 302 g/mol. The van der Waals surface area contributed by atoms with Crippen molar-refractivity contribution in [3.63, 3.8) is 0 Å². The highest BCUT2D eigenvalue weighted by Crippen LogP contribution is 2.14. The number of nitrogens with zero attached hydrogens (tertiary/aromatic N) is 4. The number of fused-ring (bicyclic) bond motifs is 1. The van der Waals surface area contributed by atoms with E-state index in [4.69, 9.17) is 0 Å². The molecule has 0 bridgehead atoms. The van der Waals surface area contributed by atoms with Crippen LogP contribution in [0.5, 0.6) is 0 Å².